The number of anilines is 1. The minimum atomic E-state index is -0.910. The first-order chi connectivity index (χ1) is 11.9. The zero-order chi connectivity index (χ0) is 18.4. The van der Waals surface area contributed by atoms with E-state index in [0.29, 0.717) is 11.6 Å². The molecule has 2 atom stereocenters. The summed E-state index contributed by atoms with van der Waals surface area (Å²) in [4.78, 5) is 24.2. The lowest BCUT2D eigenvalue weighted by Crippen LogP contribution is -2.37. The molecule has 0 saturated heterocycles. The predicted octanol–water partition coefficient (Wildman–Crippen LogP) is 3.39. The fraction of sp³-hybridized carbons (Fsp3) is 0.263. The molecule has 0 aliphatic carbocycles. The summed E-state index contributed by atoms with van der Waals surface area (Å²) in [6.07, 6.45) is -0.910. The summed E-state index contributed by atoms with van der Waals surface area (Å²) in [5.41, 5.74) is 7.33. The number of hydrogen-bond donors (Lipinski definition) is 2. The van der Waals surface area contributed by atoms with Crippen molar-refractivity contribution in [1.29, 1.82) is 0 Å². The Morgan fingerprint density at radius 2 is 1.84 bits per heavy atom. The Bertz CT molecular complexity index is 750. The number of benzene rings is 2. The second-order valence-electron chi connectivity index (χ2n) is 5.84. The van der Waals surface area contributed by atoms with Gasteiger partial charge in [-0.05, 0) is 36.6 Å². The van der Waals surface area contributed by atoms with Gasteiger partial charge in [-0.3, -0.25) is 4.79 Å². The van der Waals surface area contributed by atoms with Crippen LogP contribution in [0.3, 0.4) is 0 Å². The number of halogens is 1. The lowest BCUT2D eigenvalue weighted by Gasteiger charge is -2.17. The minimum Gasteiger partial charge on any atom is -0.449 e. The Hall–Kier alpha value is -2.53. The van der Waals surface area contributed by atoms with E-state index in [2.05, 4.69) is 5.32 Å². The summed E-state index contributed by atoms with van der Waals surface area (Å²) in [5, 5.41) is 3.15. The molecule has 0 aromatic heterocycles. The van der Waals surface area contributed by atoms with E-state index >= 15 is 0 Å². The number of rotatable bonds is 6. The highest BCUT2D eigenvalue weighted by Gasteiger charge is 2.20. The highest BCUT2D eigenvalue weighted by Crippen LogP contribution is 2.20. The van der Waals surface area contributed by atoms with E-state index in [4.69, 9.17) is 22.1 Å². The molecule has 0 heterocycles. The average Bonchev–Trinajstić information content (AvgIpc) is 2.62. The molecule has 0 fully saturated rings. The zero-order valence-corrected chi connectivity index (χ0v) is 14.9. The number of nitrogen functional groups attached to an aromatic ring is 1. The normalized spacial score (nSPS) is 12.9. The third-order valence-corrected chi connectivity index (χ3v) is 4.18. The highest BCUT2D eigenvalue weighted by molar-refractivity contribution is 6.33. The Kier molecular flexibility index (Phi) is 6.42. The van der Waals surface area contributed by atoms with Crippen LogP contribution in [0.15, 0.2) is 48.5 Å². The number of nitrogens with two attached hydrogens (primary N) is 1. The van der Waals surface area contributed by atoms with Gasteiger partial charge in [-0.25, -0.2) is 4.79 Å². The molecule has 25 heavy (non-hydrogen) atoms. The lowest BCUT2D eigenvalue weighted by molar-refractivity contribution is -0.129. The van der Waals surface area contributed by atoms with Crippen LogP contribution in [0.5, 0.6) is 0 Å². The SMILES string of the molecule is C[C@H](OC(=O)c1ccc(Cl)c(N)c1)C(=O)NC[C@@H](C)c1ccccc1. The summed E-state index contributed by atoms with van der Waals surface area (Å²) < 4.78 is 5.18. The average molecular weight is 361 g/mol. The molecule has 2 aromatic rings. The molecule has 5 nitrogen and oxygen atoms in total. The van der Waals surface area contributed by atoms with Crippen molar-refractivity contribution in [3.05, 3.63) is 64.7 Å². The molecule has 0 spiro atoms. The molecular formula is C19H21ClN2O3. The van der Waals surface area contributed by atoms with Crippen molar-refractivity contribution in [2.75, 3.05) is 12.3 Å². The van der Waals surface area contributed by atoms with Gasteiger partial charge in [0, 0.05) is 6.54 Å². The van der Waals surface area contributed by atoms with Crippen molar-refractivity contribution < 1.29 is 14.3 Å². The lowest BCUT2D eigenvalue weighted by atomic mass is 10.0. The van der Waals surface area contributed by atoms with Crippen LogP contribution >= 0.6 is 11.6 Å². The van der Waals surface area contributed by atoms with E-state index in [1.54, 1.807) is 0 Å². The molecule has 0 bridgehead atoms. The summed E-state index contributed by atoms with van der Waals surface area (Å²) in [7, 11) is 0. The fourth-order valence-corrected chi connectivity index (χ4v) is 2.37. The van der Waals surface area contributed by atoms with Crippen molar-refractivity contribution in [3.63, 3.8) is 0 Å². The molecule has 2 aromatic carbocycles. The number of nitrogens with one attached hydrogen (secondary N) is 1. The van der Waals surface area contributed by atoms with E-state index in [0.717, 1.165) is 5.56 Å². The van der Waals surface area contributed by atoms with Gasteiger partial charge in [-0.1, -0.05) is 48.9 Å². The van der Waals surface area contributed by atoms with Crippen LogP contribution in [-0.2, 0) is 9.53 Å². The maximum Gasteiger partial charge on any atom is 0.338 e. The molecule has 0 radical (unpaired) electrons. The number of carbonyl (C=O) groups is 2. The van der Waals surface area contributed by atoms with Gasteiger partial charge in [0.2, 0.25) is 0 Å². The molecule has 0 saturated carbocycles. The molecule has 6 heteroatoms. The monoisotopic (exact) mass is 360 g/mol. The van der Waals surface area contributed by atoms with Crippen LogP contribution in [0, 0.1) is 0 Å². The number of amides is 1. The van der Waals surface area contributed by atoms with Crippen molar-refractivity contribution in [3.8, 4) is 0 Å². The van der Waals surface area contributed by atoms with Crippen LogP contribution < -0.4 is 11.1 Å². The summed E-state index contributed by atoms with van der Waals surface area (Å²) in [5.74, 6) is -0.815. The van der Waals surface area contributed by atoms with Crippen LogP contribution in [0.25, 0.3) is 0 Å². The number of carbonyl (C=O) groups excluding carboxylic acids is 2. The second kappa shape index (κ2) is 8.53. The smallest absolute Gasteiger partial charge is 0.338 e. The van der Waals surface area contributed by atoms with Crippen molar-refractivity contribution in [1.82, 2.24) is 5.32 Å². The van der Waals surface area contributed by atoms with Crippen LogP contribution in [-0.4, -0.2) is 24.5 Å². The van der Waals surface area contributed by atoms with Crippen LogP contribution in [0.1, 0.15) is 35.7 Å². The van der Waals surface area contributed by atoms with Gasteiger partial charge >= 0.3 is 5.97 Å². The van der Waals surface area contributed by atoms with Gasteiger partial charge < -0.3 is 15.8 Å². The quantitative estimate of drug-likeness (QED) is 0.611. The minimum absolute atomic E-state index is 0.157. The van der Waals surface area contributed by atoms with Crippen molar-refractivity contribution in [2.24, 2.45) is 0 Å². The van der Waals surface area contributed by atoms with Gasteiger partial charge in [-0.2, -0.15) is 0 Å². The topological polar surface area (TPSA) is 81.4 Å². The Morgan fingerprint density at radius 3 is 2.48 bits per heavy atom. The summed E-state index contributed by atoms with van der Waals surface area (Å²) >= 11 is 5.82. The Labute approximate surface area is 152 Å². The molecule has 0 aliphatic rings. The fourth-order valence-electron chi connectivity index (χ4n) is 2.25. The van der Waals surface area contributed by atoms with Gasteiger partial charge in [0.25, 0.3) is 5.91 Å². The van der Waals surface area contributed by atoms with Gasteiger partial charge in [-0.15, -0.1) is 0 Å². The summed E-state index contributed by atoms with van der Waals surface area (Å²) in [6, 6.07) is 14.3. The second-order valence-corrected chi connectivity index (χ2v) is 6.25. The first kappa shape index (κ1) is 18.8. The van der Waals surface area contributed by atoms with Crippen LogP contribution in [0.4, 0.5) is 5.69 Å². The molecule has 0 unspecified atom stereocenters. The number of esters is 1. The Balaban J connectivity index is 1.87. The summed E-state index contributed by atoms with van der Waals surface area (Å²) in [6.45, 7) is 4.00. The Morgan fingerprint density at radius 1 is 1.16 bits per heavy atom. The molecule has 1 amide bonds. The maximum atomic E-state index is 12.1. The van der Waals surface area contributed by atoms with E-state index in [1.807, 2.05) is 37.3 Å². The maximum absolute atomic E-state index is 12.1. The van der Waals surface area contributed by atoms with Crippen LogP contribution in [0.2, 0.25) is 5.02 Å². The zero-order valence-electron chi connectivity index (χ0n) is 14.2. The van der Waals surface area contributed by atoms with E-state index < -0.39 is 12.1 Å². The van der Waals surface area contributed by atoms with E-state index in [9.17, 15) is 9.59 Å². The van der Waals surface area contributed by atoms with E-state index in [1.165, 1.54) is 25.1 Å². The highest BCUT2D eigenvalue weighted by atomic mass is 35.5. The van der Waals surface area contributed by atoms with Crippen molar-refractivity contribution in [2.45, 2.75) is 25.9 Å². The van der Waals surface area contributed by atoms with Gasteiger partial charge in [0.05, 0.1) is 16.3 Å². The molecule has 132 valence electrons. The third-order valence-electron chi connectivity index (χ3n) is 3.84. The van der Waals surface area contributed by atoms with Gasteiger partial charge in [0.15, 0.2) is 6.10 Å². The molecule has 3 N–H and O–H groups in total. The standard InChI is InChI=1S/C19H21ClN2O3/c1-12(14-6-4-3-5-7-14)11-22-18(23)13(2)25-19(24)15-8-9-16(20)17(21)10-15/h3-10,12-13H,11,21H2,1-2H3,(H,22,23)/t12-,13+/m1/s1. The first-order valence-corrected chi connectivity index (χ1v) is 8.35. The molecule has 2 rings (SSSR count). The molecular weight excluding hydrogens is 340 g/mol. The number of hydrogen-bond acceptors (Lipinski definition) is 4. The third kappa shape index (κ3) is 5.22. The van der Waals surface area contributed by atoms with Gasteiger partial charge in [0.1, 0.15) is 0 Å². The van der Waals surface area contributed by atoms with Crippen molar-refractivity contribution >= 4 is 29.2 Å². The first-order valence-electron chi connectivity index (χ1n) is 7.97. The van der Waals surface area contributed by atoms with E-state index in [-0.39, 0.29) is 23.1 Å². The largest absolute Gasteiger partial charge is 0.449 e. The number of ether oxygens (including phenoxy) is 1. The predicted molar refractivity (Wildman–Crippen MR) is 98.6 cm³/mol. The molecule has 0 aliphatic heterocycles.